The second-order valence-electron chi connectivity index (χ2n) is 6.76. The molecule has 2 amide bonds. The molecule has 7 nitrogen and oxygen atoms in total. The van der Waals surface area contributed by atoms with Gasteiger partial charge in [0.2, 0.25) is 5.91 Å². The highest BCUT2D eigenvalue weighted by molar-refractivity contribution is 6.06. The Morgan fingerprint density at radius 3 is 2.77 bits per heavy atom. The number of amides is 2. The van der Waals surface area contributed by atoms with Crippen molar-refractivity contribution in [2.75, 3.05) is 18.1 Å². The third-order valence-electron chi connectivity index (χ3n) is 4.91. The summed E-state index contributed by atoms with van der Waals surface area (Å²) in [5.41, 5.74) is 1.50. The number of anilines is 1. The topological polar surface area (TPSA) is 76.5 Å². The lowest BCUT2D eigenvalue weighted by Gasteiger charge is -2.31. The minimum Gasteiger partial charge on any atom is -0.368 e. The van der Waals surface area contributed by atoms with Crippen LogP contribution in [0.5, 0.6) is 0 Å². The summed E-state index contributed by atoms with van der Waals surface area (Å²) >= 11 is 0. The molecule has 2 aromatic rings. The van der Waals surface area contributed by atoms with Gasteiger partial charge in [0.25, 0.3) is 5.91 Å². The highest BCUT2D eigenvalue weighted by atomic mass is 16.5. The maximum Gasteiger partial charge on any atom is 0.259 e. The van der Waals surface area contributed by atoms with Crippen molar-refractivity contribution < 1.29 is 14.3 Å². The van der Waals surface area contributed by atoms with Crippen LogP contribution in [0.3, 0.4) is 0 Å². The number of carbonyl (C=O) groups is 2. The Hall–Kier alpha value is -2.67. The Balaban J connectivity index is 1.57. The van der Waals surface area contributed by atoms with Crippen molar-refractivity contribution in [3.8, 4) is 0 Å². The number of fused-ring (bicyclic) bond motifs is 1. The molecule has 0 bridgehead atoms. The van der Waals surface area contributed by atoms with Gasteiger partial charge in [0, 0.05) is 37.5 Å². The molecule has 1 fully saturated rings. The van der Waals surface area contributed by atoms with Gasteiger partial charge in [-0.3, -0.25) is 19.2 Å². The number of rotatable bonds is 3. The third-order valence-corrected chi connectivity index (χ3v) is 4.91. The molecule has 0 spiro atoms. The van der Waals surface area contributed by atoms with Gasteiger partial charge < -0.3 is 10.1 Å². The predicted molar refractivity (Wildman–Crippen MR) is 95.8 cm³/mol. The van der Waals surface area contributed by atoms with E-state index in [-0.39, 0.29) is 24.0 Å². The molecule has 4 rings (SSSR count). The van der Waals surface area contributed by atoms with Gasteiger partial charge in [-0.05, 0) is 31.4 Å². The van der Waals surface area contributed by atoms with E-state index in [0.29, 0.717) is 31.0 Å². The maximum atomic E-state index is 12.9. The number of aryl methyl sites for hydroxylation is 1. The van der Waals surface area contributed by atoms with Crippen LogP contribution >= 0.6 is 0 Å². The summed E-state index contributed by atoms with van der Waals surface area (Å²) in [6, 6.07) is 9.03. The van der Waals surface area contributed by atoms with Crippen molar-refractivity contribution in [1.82, 2.24) is 15.1 Å². The Labute approximate surface area is 151 Å². The molecule has 1 aromatic carbocycles. The summed E-state index contributed by atoms with van der Waals surface area (Å²) < 4.78 is 7.16. The average Bonchev–Trinajstić information content (AvgIpc) is 3.31. The van der Waals surface area contributed by atoms with Gasteiger partial charge in [-0.1, -0.05) is 18.2 Å². The van der Waals surface area contributed by atoms with Crippen LogP contribution < -0.4 is 10.2 Å². The minimum absolute atomic E-state index is 0.0746. The third kappa shape index (κ3) is 3.10. The number of carbonyl (C=O) groups excluding carboxylic acids is 2. The second kappa shape index (κ2) is 6.92. The number of hydrogen-bond donors (Lipinski definition) is 1. The molecule has 1 aromatic heterocycles. The van der Waals surface area contributed by atoms with E-state index in [1.807, 2.05) is 31.4 Å². The fraction of sp³-hybridized carbons (Fsp3) is 0.421. The standard InChI is InChI=1S/C19H22N4O3/c1-22-12-14-15(20-18(24)16-8-5-11-26-16)9-10-23(17(14)21-22)19(25)13-6-3-2-4-7-13/h2-4,6-7,12,15-16H,5,8-11H2,1H3,(H,20,24)/t15-,16+/m1/s1. The zero-order valence-corrected chi connectivity index (χ0v) is 14.7. The SMILES string of the molecule is Cn1cc2c(n1)N(C(=O)c1ccccc1)CC[C@H]2NC(=O)[C@@H]1CCCO1. The fourth-order valence-electron chi connectivity index (χ4n) is 3.60. The van der Waals surface area contributed by atoms with E-state index in [4.69, 9.17) is 4.74 Å². The lowest BCUT2D eigenvalue weighted by atomic mass is 10.00. The van der Waals surface area contributed by atoms with Crippen molar-refractivity contribution in [3.63, 3.8) is 0 Å². The number of hydrogen-bond acceptors (Lipinski definition) is 4. The van der Waals surface area contributed by atoms with Crippen LogP contribution in [0.1, 0.15) is 41.2 Å². The van der Waals surface area contributed by atoms with Crippen LogP contribution in [-0.2, 0) is 16.6 Å². The predicted octanol–water partition coefficient (Wildman–Crippen LogP) is 1.81. The molecule has 3 heterocycles. The van der Waals surface area contributed by atoms with Crippen LogP contribution in [0.25, 0.3) is 0 Å². The molecule has 2 aliphatic heterocycles. The van der Waals surface area contributed by atoms with Gasteiger partial charge in [-0.25, -0.2) is 0 Å². The molecule has 2 atom stereocenters. The number of benzene rings is 1. The van der Waals surface area contributed by atoms with Crippen LogP contribution in [0.4, 0.5) is 5.82 Å². The lowest BCUT2D eigenvalue weighted by molar-refractivity contribution is -0.130. The van der Waals surface area contributed by atoms with Gasteiger partial charge >= 0.3 is 0 Å². The quantitative estimate of drug-likeness (QED) is 0.912. The summed E-state index contributed by atoms with van der Waals surface area (Å²) in [4.78, 5) is 27.0. The van der Waals surface area contributed by atoms with E-state index in [1.165, 1.54) is 0 Å². The molecular weight excluding hydrogens is 332 g/mol. The van der Waals surface area contributed by atoms with Gasteiger partial charge in [-0.2, -0.15) is 5.10 Å². The summed E-state index contributed by atoms with van der Waals surface area (Å²) in [6.07, 6.45) is 3.84. The highest BCUT2D eigenvalue weighted by Crippen LogP contribution is 2.33. The average molecular weight is 354 g/mol. The first-order valence-corrected chi connectivity index (χ1v) is 8.96. The normalized spacial score (nSPS) is 22.1. The molecule has 26 heavy (non-hydrogen) atoms. The summed E-state index contributed by atoms with van der Waals surface area (Å²) in [5.74, 6) is 0.463. The molecule has 0 saturated carbocycles. The Bertz CT molecular complexity index is 811. The molecule has 1 N–H and O–H groups in total. The number of ether oxygens (including phenoxy) is 1. The van der Waals surface area contributed by atoms with E-state index in [0.717, 1.165) is 18.4 Å². The van der Waals surface area contributed by atoms with Crippen LogP contribution in [-0.4, -0.2) is 40.9 Å². The molecule has 1 saturated heterocycles. The van der Waals surface area contributed by atoms with Crippen molar-refractivity contribution in [3.05, 3.63) is 47.7 Å². The van der Waals surface area contributed by atoms with Gasteiger partial charge in [0.05, 0.1) is 6.04 Å². The first kappa shape index (κ1) is 16.8. The minimum atomic E-state index is -0.362. The van der Waals surface area contributed by atoms with E-state index in [1.54, 1.807) is 21.7 Å². The zero-order chi connectivity index (χ0) is 18.1. The first-order valence-electron chi connectivity index (χ1n) is 8.96. The second-order valence-corrected chi connectivity index (χ2v) is 6.76. The number of nitrogens with one attached hydrogen (secondary N) is 1. The largest absolute Gasteiger partial charge is 0.368 e. The number of nitrogens with zero attached hydrogens (tertiary/aromatic N) is 3. The van der Waals surface area contributed by atoms with Gasteiger partial charge in [-0.15, -0.1) is 0 Å². The molecule has 0 radical (unpaired) electrons. The highest BCUT2D eigenvalue weighted by Gasteiger charge is 2.34. The van der Waals surface area contributed by atoms with E-state index < -0.39 is 0 Å². The maximum absolute atomic E-state index is 12.9. The summed E-state index contributed by atoms with van der Waals surface area (Å²) in [6.45, 7) is 1.15. The Kier molecular flexibility index (Phi) is 4.46. The lowest BCUT2D eigenvalue weighted by Crippen LogP contribution is -2.43. The van der Waals surface area contributed by atoms with Crippen LogP contribution in [0.2, 0.25) is 0 Å². The van der Waals surface area contributed by atoms with Gasteiger partial charge in [0.15, 0.2) is 5.82 Å². The molecule has 7 heteroatoms. The molecule has 0 aliphatic carbocycles. The van der Waals surface area contributed by atoms with Crippen molar-refractivity contribution in [2.24, 2.45) is 7.05 Å². The van der Waals surface area contributed by atoms with E-state index in [9.17, 15) is 9.59 Å². The number of aromatic nitrogens is 2. The Morgan fingerprint density at radius 1 is 1.23 bits per heavy atom. The molecule has 2 aliphatic rings. The molecule has 136 valence electrons. The first-order chi connectivity index (χ1) is 12.6. The van der Waals surface area contributed by atoms with E-state index in [2.05, 4.69) is 10.4 Å². The van der Waals surface area contributed by atoms with Crippen LogP contribution in [0.15, 0.2) is 36.5 Å². The van der Waals surface area contributed by atoms with Gasteiger partial charge in [0.1, 0.15) is 6.10 Å². The molecule has 0 unspecified atom stereocenters. The summed E-state index contributed by atoms with van der Waals surface area (Å²) in [5, 5.41) is 7.55. The fourth-order valence-corrected chi connectivity index (χ4v) is 3.60. The van der Waals surface area contributed by atoms with Crippen LogP contribution in [0, 0.1) is 0 Å². The Morgan fingerprint density at radius 2 is 2.04 bits per heavy atom. The zero-order valence-electron chi connectivity index (χ0n) is 14.7. The van der Waals surface area contributed by atoms with E-state index >= 15 is 0 Å². The summed E-state index contributed by atoms with van der Waals surface area (Å²) in [7, 11) is 1.82. The molecular formula is C19H22N4O3. The monoisotopic (exact) mass is 354 g/mol. The van der Waals surface area contributed by atoms with Crippen molar-refractivity contribution in [1.29, 1.82) is 0 Å². The van der Waals surface area contributed by atoms with Crippen molar-refractivity contribution >= 4 is 17.6 Å². The van der Waals surface area contributed by atoms with Crippen molar-refractivity contribution in [2.45, 2.75) is 31.4 Å². The smallest absolute Gasteiger partial charge is 0.259 e.